The van der Waals surface area contributed by atoms with Crippen LogP contribution in [-0.2, 0) is 21.7 Å². The minimum absolute atomic E-state index is 0.226. The zero-order chi connectivity index (χ0) is 21.2. The van der Waals surface area contributed by atoms with E-state index in [1.165, 1.54) is 6.92 Å². The molecule has 1 atom stereocenters. The fraction of sp³-hybridized carbons (Fsp3) is 0.417. The van der Waals surface area contributed by atoms with Gasteiger partial charge in [0.2, 0.25) is 0 Å². The van der Waals surface area contributed by atoms with E-state index in [4.69, 9.17) is 4.74 Å². The number of carbonyl (C=O) groups excluding carboxylic acids is 2. The van der Waals surface area contributed by atoms with Crippen molar-refractivity contribution in [3.05, 3.63) is 58.7 Å². The standard InChI is InChI=1S/C24H29NO4/c1-5-6-11-29-21-10-8-7-9-19(21)15-25-22-17(3)12-16(2)13-20(22)24(28,23(25)27)14-18(4)26/h7-10,12-13,28H,5-6,11,14-15H2,1-4H3. The third-order valence-corrected chi connectivity index (χ3v) is 5.32. The fourth-order valence-electron chi connectivity index (χ4n) is 4.03. The smallest absolute Gasteiger partial charge is 0.264 e. The Hall–Kier alpha value is -2.66. The van der Waals surface area contributed by atoms with Gasteiger partial charge in [0.25, 0.3) is 5.91 Å². The molecular weight excluding hydrogens is 366 g/mol. The van der Waals surface area contributed by atoms with Crippen molar-refractivity contribution >= 4 is 17.4 Å². The van der Waals surface area contributed by atoms with Gasteiger partial charge in [-0.3, -0.25) is 9.59 Å². The Bertz CT molecular complexity index is 936. The summed E-state index contributed by atoms with van der Waals surface area (Å²) in [5.74, 6) is 0.0536. The van der Waals surface area contributed by atoms with E-state index < -0.39 is 11.5 Å². The quantitative estimate of drug-likeness (QED) is 0.681. The van der Waals surface area contributed by atoms with E-state index in [0.717, 1.165) is 35.3 Å². The van der Waals surface area contributed by atoms with E-state index in [9.17, 15) is 14.7 Å². The summed E-state index contributed by atoms with van der Waals surface area (Å²) in [6, 6.07) is 11.4. The number of amides is 1. The topological polar surface area (TPSA) is 66.8 Å². The van der Waals surface area contributed by atoms with Gasteiger partial charge in [-0.25, -0.2) is 0 Å². The van der Waals surface area contributed by atoms with Crippen molar-refractivity contribution in [2.45, 2.75) is 59.1 Å². The molecule has 0 bridgehead atoms. The number of anilines is 1. The molecule has 0 fully saturated rings. The highest BCUT2D eigenvalue weighted by molar-refractivity contribution is 6.09. The van der Waals surface area contributed by atoms with E-state index in [2.05, 4.69) is 6.92 Å². The summed E-state index contributed by atoms with van der Waals surface area (Å²) in [5.41, 5.74) is 2.09. The van der Waals surface area contributed by atoms with Gasteiger partial charge < -0.3 is 14.7 Å². The van der Waals surface area contributed by atoms with Crippen molar-refractivity contribution in [1.82, 2.24) is 0 Å². The largest absolute Gasteiger partial charge is 0.493 e. The molecule has 154 valence electrons. The van der Waals surface area contributed by atoms with Gasteiger partial charge in [0.1, 0.15) is 11.5 Å². The average Bonchev–Trinajstić information content (AvgIpc) is 2.85. The zero-order valence-corrected chi connectivity index (χ0v) is 17.6. The summed E-state index contributed by atoms with van der Waals surface area (Å²) in [4.78, 5) is 26.8. The number of hydrogen-bond donors (Lipinski definition) is 1. The summed E-state index contributed by atoms with van der Waals surface area (Å²) in [6.45, 7) is 8.24. The second-order valence-corrected chi connectivity index (χ2v) is 7.92. The number of ether oxygens (including phenoxy) is 1. The summed E-state index contributed by atoms with van der Waals surface area (Å²) in [6.07, 6.45) is 1.76. The molecular formula is C24H29NO4. The molecule has 3 rings (SSSR count). The van der Waals surface area contributed by atoms with Crippen molar-refractivity contribution in [3.8, 4) is 5.75 Å². The van der Waals surface area contributed by atoms with Crippen LogP contribution in [0.3, 0.4) is 0 Å². The molecule has 0 spiro atoms. The maximum Gasteiger partial charge on any atom is 0.264 e. The Labute approximate surface area is 172 Å². The molecule has 5 heteroatoms. The number of unbranched alkanes of at least 4 members (excludes halogenated alkanes) is 1. The first kappa shape index (κ1) is 21.1. The molecule has 0 saturated heterocycles. The Morgan fingerprint density at radius 3 is 2.62 bits per heavy atom. The Morgan fingerprint density at radius 2 is 1.93 bits per heavy atom. The van der Waals surface area contributed by atoms with Crippen LogP contribution >= 0.6 is 0 Å². The SMILES string of the molecule is CCCCOc1ccccc1CN1C(=O)C(O)(CC(C)=O)c2cc(C)cc(C)c21. The third-order valence-electron chi connectivity index (χ3n) is 5.32. The summed E-state index contributed by atoms with van der Waals surface area (Å²) in [7, 11) is 0. The van der Waals surface area contributed by atoms with E-state index in [0.29, 0.717) is 17.9 Å². The molecule has 2 aromatic carbocycles. The number of hydrogen-bond acceptors (Lipinski definition) is 4. The molecule has 0 saturated carbocycles. The maximum absolute atomic E-state index is 13.3. The molecule has 1 N–H and O–H groups in total. The van der Waals surface area contributed by atoms with Gasteiger partial charge in [0.15, 0.2) is 5.60 Å². The highest BCUT2D eigenvalue weighted by Gasteiger charge is 2.51. The lowest BCUT2D eigenvalue weighted by Crippen LogP contribution is -2.41. The fourth-order valence-corrected chi connectivity index (χ4v) is 4.03. The van der Waals surface area contributed by atoms with E-state index in [1.54, 1.807) is 4.90 Å². The monoisotopic (exact) mass is 395 g/mol. The van der Waals surface area contributed by atoms with Gasteiger partial charge in [0.05, 0.1) is 18.8 Å². The molecule has 1 amide bonds. The van der Waals surface area contributed by atoms with Crippen LogP contribution in [0.1, 0.15) is 55.4 Å². The Balaban J connectivity index is 2.02. The van der Waals surface area contributed by atoms with Crippen LogP contribution in [0.25, 0.3) is 0 Å². The normalized spacial score (nSPS) is 18.1. The second kappa shape index (κ2) is 8.37. The Morgan fingerprint density at radius 1 is 1.21 bits per heavy atom. The molecule has 0 radical (unpaired) electrons. The van der Waals surface area contributed by atoms with Crippen molar-refractivity contribution in [2.75, 3.05) is 11.5 Å². The van der Waals surface area contributed by atoms with Crippen LogP contribution in [0.4, 0.5) is 5.69 Å². The van der Waals surface area contributed by atoms with Crippen molar-refractivity contribution in [3.63, 3.8) is 0 Å². The number of carbonyl (C=O) groups is 2. The molecule has 0 aliphatic carbocycles. The van der Waals surface area contributed by atoms with Gasteiger partial charge >= 0.3 is 0 Å². The first-order chi connectivity index (χ1) is 13.8. The number of para-hydroxylation sites is 1. The minimum Gasteiger partial charge on any atom is -0.493 e. The van der Waals surface area contributed by atoms with Crippen molar-refractivity contribution < 1.29 is 19.4 Å². The number of aryl methyl sites for hydroxylation is 2. The predicted molar refractivity (Wildman–Crippen MR) is 113 cm³/mol. The van der Waals surface area contributed by atoms with Crippen LogP contribution < -0.4 is 9.64 Å². The number of fused-ring (bicyclic) bond motifs is 1. The first-order valence-corrected chi connectivity index (χ1v) is 10.1. The second-order valence-electron chi connectivity index (χ2n) is 7.92. The van der Waals surface area contributed by atoms with Crippen LogP contribution in [-0.4, -0.2) is 23.4 Å². The number of nitrogens with zero attached hydrogens (tertiary/aromatic N) is 1. The number of benzene rings is 2. The van der Waals surface area contributed by atoms with E-state index >= 15 is 0 Å². The number of rotatable bonds is 8. The van der Waals surface area contributed by atoms with Gasteiger partial charge in [-0.05, 0) is 38.8 Å². The maximum atomic E-state index is 13.3. The van der Waals surface area contributed by atoms with Crippen LogP contribution in [0.15, 0.2) is 36.4 Å². The average molecular weight is 395 g/mol. The van der Waals surface area contributed by atoms with Crippen molar-refractivity contribution in [1.29, 1.82) is 0 Å². The molecule has 1 aliphatic rings. The third kappa shape index (κ3) is 4.06. The molecule has 1 heterocycles. The lowest BCUT2D eigenvalue weighted by molar-refractivity contribution is -0.141. The first-order valence-electron chi connectivity index (χ1n) is 10.1. The number of ketones is 1. The highest BCUT2D eigenvalue weighted by Crippen LogP contribution is 2.46. The molecule has 2 aromatic rings. The zero-order valence-electron chi connectivity index (χ0n) is 17.6. The van der Waals surface area contributed by atoms with E-state index in [-0.39, 0.29) is 18.7 Å². The lowest BCUT2D eigenvalue weighted by Gasteiger charge is -2.23. The van der Waals surface area contributed by atoms with Crippen molar-refractivity contribution in [2.24, 2.45) is 0 Å². The Kier molecular flexibility index (Phi) is 6.08. The predicted octanol–water partition coefficient (Wildman–Crippen LogP) is 4.20. The molecule has 5 nitrogen and oxygen atoms in total. The summed E-state index contributed by atoms with van der Waals surface area (Å²) < 4.78 is 5.92. The number of Topliss-reactive ketones (excluding diaryl/α,β-unsaturated/α-hetero) is 1. The van der Waals surface area contributed by atoms with Crippen LogP contribution in [0.5, 0.6) is 5.75 Å². The van der Waals surface area contributed by atoms with Gasteiger partial charge in [0, 0.05) is 17.5 Å². The van der Waals surface area contributed by atoms with Gasteiger partial charge in [-0.2, -0.15) is 0 Å². The van der Waals surface area contributed by atoms with E-state index in [1.807, 2.05) is 50.2 Å². The summed E-state index contributed by atoms with van der Waals surface area (Å²) >= 11 is 0. The van der Waals surface area contributed by atoms with Gasteiger partial charge in [-0.15, -0.1) is 0 Å². The molecule has 1 unspecified atom stereocenters. The molecule has 29 heavy (non-hydrogen) atoms. The lowest BCUT2D eigenvalue weighted by atomic mass is 9.88. The minimum atomic E-state index is -1.82. The molecule has 0 aromatic heterocycles. The van der Waals surface area contributed by atoms with Gasteiger partial charge in [-0.1, -0.05) is 49.2 Å². The number of aliphatic hydroxyl groups is 1. The molecule has 1 aliphatic heterocycles. The highest BCUT2D eigenvalue weighted by atomic mass is 16.5. The summed E-state index contributed by atoms with van der Waals surface area (Å²) in [5, 5.41) is 11.3. The van der Waals surface area contributed by atoms with Crippen LogP contribution in [0.2, 0.25) is 0 Å². The van der Waals surface area contributed by atoms with Crippen LogP contribution in [0, 0.1) is 13.8 Å².